The second kappa shape index (κ2) is 9.54. The van der Waals surface area contributed by atoms with Gasteiger partial charge in [-0.15, -0.1) is 23.1 Å². The molecule has 2 N–H and O–H groups in total. The lowest BCUT2D eigenvalue weighted by molar-refractivity contribution is -0.115. The van der Waals surface area contributed by atoms with E-state index in [1.807, 2.05) is 32.0 Å². The van der Waals surface area contributed by atoms with Gasteiger partial charge >= 0.3 is 0 Å². The monoisotopic (exact) mass is 459 g/mol. The van der Waals surface area contributed by atoms with E-state index < -0.39 is 0 Å². The number of ether oxygens (including phenoxy) is 1. The fraction of sp³-hybridized carbons (Fsp3) is 0.455. The predicted octanol–water partition coefficient (Wildman–Crippen LogP) is 5.85. The molecule has 1 aromatic carbocycles. The van der Waals surface area contributed by atoms with E-state index >= 15 is 0 Å². The zero-order chi connectivity index (χ0) is 21.1. The minimum atomic E-state index is -0.193. The Kier molecular flexibility index (Phi) is 6.81. The fourth-order valence-electron chi connectivity index (χ4n) is 3.77. The molecule has 2 aliphatic rings. The van der Waals surface area contributed by atoms with Crippen molar-refractivity contribution < 1.29 is 9.53 Å². The Labute approximate surface area is 190 Å². The summed E-state index contributed by atoms with van der Waals surface area (Å²) in [5, 5.41) is 16.7. The number of carbonyl (C=O) groups is 1. The van der Waals surface area contributed by atoms with Crippen molar-refractivity contribution in [2.24, 2.45) is 0 Å². The van der Waals surface area contributed by atoms with E-state index in [0.29, 0.717) is 12.2 Å². The van der Waals surface area contributed by atoms with Crippen molar-refractivity contribution >= 4 is 51.5 Å². The van der Waals surface area contributed by atoms with Crippen LogP contribution in [0, 0.1) is 11.3 Å². The highest BCUT2D eigenvalue weighted by Gasteiger charge is 2.29. The summed E-state index contributed by atoms with van der Waals surface area (Å²) in [6.45, 7) is 4.65. The van der Waals surface area contributed by atoms with Crippen LogP contribution in [-0.4, -0.2) is 22.5 Å². The van der Waals surface area contributed by atoms with Gasteiger partial charge in [-0.2, -0.15) is 5.26 Å². The SMILES string of the molecule is CCOc1ccc2c(c1)S[C@H](S[C@@H](CC)C(=O)Nc1sc3c(c1C#N)CCCC3)N2. The van der Waals surface area contributed by atoms with Gasteiger partial charge in [0.15, 0.2) is 0 Å². The molecule has 0 radical (unpaired) electrons. The van der Waals surface area contributed by atoms with Crippen LogP contribution in [0.15, 0.2) is 23.1 Å². The molecule has 0 fully saturated rings. The molecule has 0 bridgehead atoms. The van der Waals surface area contributed by atoms with Gasteiger partial charge < -0.3 is 15.4 Å². The number of benzene rings is 1. The lowest BCUT2D eigenvalue weighted by atomic mass is 9.96. The maximum atomic E-state index is 13.0. The Balaban J connectivity index is 1.42. The highest BCUT2D eigenvalue weighted by Crippen LogP contribution is 2.46. The summed E-state index contributed by atoms with van der Waals surface area (Å²) in [4.78, 5) is 15.4. The maximum absolute atomic E-state index is 13.0. The quantitative estimate of drug-likeness (QED) is 0.541. The van der Waals surface area contributed by atoms with Crippen molar-refractivity contribution in [2.45, 2.75) is 60.8 Å². The maximum Gasteiger partial charge on any atom is 0.238 e. The normalized spacial score (nSPS) is 18.0. The summed E-state index contributed by atoms with van der Waals surface area (Å²) < 4.78 is 5.66. The van der Waals surface area contributed by atoms with E-state index in [4.69, 9.17) is 4.74 Å². The van der Waals surface area contributed by atoms with Crippen LogP contribution >= 0.6 is 34.9 Å². The molecule has 8 heteroatoms. The minimum absolute atomic E-state index is 0.0223. The second-order valence-electron chi connectivity index (χ2n) is 7.23. The zero-order valence-corrected chi connectivity index (χ0v) is 19.6. The van der Waals surface area contributed by atoms with Crippen LogP contribution in [0.3, 0.4) is 0 Å². The number of hydrogen-bond acceptors (Lipinski definition) is 7. The van der Waals surface area contributed by atoms with Crippen molar-refractivity contribution in [3.63, 3.8) is 0 Å². The summed E-state index contributed by atoms with van der Waals surface area (Å²) >= 11 is 4.92. The third kappa shape index (κ3) is 4.43. The second-order valence-corrected chi connectivity index (χ2v) is 11.1. The Morgan fingerprint density at radius 2 is 2.23 bits per heavy atom. The molecular formula is C22H25N3O2S3. The molecule has 0 spiro atoms. The lowest BCUT2D eigenvalue weighted by Crippen LogP contribution is -2.27. The first-order valence-electron chi connectivity index (χ1n) is 10.3. The number of fused-ring (bicyclic) bond motifs is 2. The van der Waals surface area contributed by atoms with E-state index in [1.54, 1.807) is 34.9 Å². The van der Waals surface area contributed by atoms with E-state index in [9.17, 15) is 10.1 Å². The number of amides is 1. The van der Waals surface area contributed by atoms with E-state index in [2.05, 4.69) is 16.7 Å². The number of aryl methyl sites for hydroxylation is 1. The first-order chi connectivity index (χ1) is 14.6. The number of anilines is 2. The van der Waals surface area contributed by atoms with Gasteiger partial charge in [0.25, 0.3) is 0 Å². The number of thioether (sulfide) groups is 2. The van der Waals surface area contributed by atoms with Crippen molar-refractivity contribution in [3.05, 3.63) is 34.2 Å². The number of thiophene rings is 1. The number of carbonyl (C=O) groups excluding carboxylic acids is 1. The van der Waals surface area contributed by atoms with Crippen molar-refractivity contribution in [1.82, 2.24) is 0 Å². The molecule has 4 rings (SSSR count). The number of nitriles is 1. The molecule has 0 unspecified atom stereocenters. The van der Waals surface area contributed by atoms with Crippen LogP contribution < -0.4 is 15.4 Å². The summed E-state index contributed by atoms with van der Waals surface area (Å²) in [6, 6.07) is 8.38. The van der Waals surface area contributed by atoms with Gasteiger partial charge in [0.05, 0.1) is 17.4 Å². The van der Waals surface area contributed by atoms with Gasteiger partial charge in [-0.05, 0) is 62.8 Å². The molecule has 1 aromatic heterocycles. The zero-order valence-electron chi connectivity index (χ0n) is 17.1. The van der Waals surface area contributed by atoms with Crippen molar-refractivity contribution in [1.29, 1.82) is 5.26 Å². The number of rotatable bonds is 7. The third-order valence-corrected chi connectivity index (χ3v) is 9.24. The topological polar surface area (TPSA) is 74.1 Å². The van der Waals surface area contributed by atoms with Gasteiger partial charge in [-0.1, -0.05) is 18.7 Å². The molecule has 30 heavy (non-hydrogen) atoms. The van der Waals surface area contributed by atoms with Crippen LogP contribution in [0.25, 0.3) is 0 Å². The third-order valence-electron chi connectivity index (χ3n) is 5.24. The van der Waals surface area contributed by atoms with E-state index in [1.165, 1.54) is 4.88 Å². The van der Waals surface area contributed by atoms with Crippen LogP contribution in [0.1, 0.15) is 49.1 Å². The average Bonchev–Trinajstić information content (AvgIpc) is 3.31. The van der Waals surface area contributed by atoms with Gasteiger partial charge in [0.2, 0.25) is 5.91 Å². The molecule has 158 valence electrons. The smallest absolute Gasteiger partial charge is 0.238 e. The average molecular weight is 460 g/mol. The molecule has 2 aromatic rings. The molecule has 1 amide bonds. The summed E-state index contributed by atoms with van der Waals surface area (Å²) in [5.41, 5.74) is 2.90. The predicted molar refractivity (Wildman–Crippen MR) is 127 cm³/mol. The molecule has 5 nitrogen and oxygen atoms in total. The molecule has 1 aliphatic carbocycles. The first kappa shape index (κ1) is 21.4. The Morgan fingerprint density at radius 1 is 1.40 bits per heavy atom. The van der Waals surface area contributed by atoms with Crippen LogP contribution in [-0.2, 0) is 17.6 Å². The van der Waals surface area contributed by atoms with Crippen molar-refractivity contribution in [3.8, 4) is 11.8 Å². The Morgan fingerprint density at radius 3 is 3.00 bits per heavy atom. The van der Waals surface area contributed by atoms with Gasteiger partial charge in [0.1, 0.15) is 21.5 Å². The summed E-state index contributed by atoms with van der Waals surface area (Å²) in [7, 11) is 0. The van der Waals surface area contributed by atoms with E-state index in [-0.39, 0.29) is 15.9 Å². The van der Waals surface area contributed by atoms with Gasteiger partial charge in [-0.25, -0.2) is 0 Å². The number of hydrogen-bond donors (Lipinski definition) is 2. The molecule has 2 heterocycles. The highest BCUT2D eigenvalue weighted by atomic mass is 32.2. The van der Waals surface area contributed by atoms with E-state index in [0.717, 1.165) is 59.0 Å². The van der Waals surface area contributed by atoms with Crippen LogP contribution in [0.5, 0.6) is 5.75 Å². The molecule has 2 atom stereocenters. The fourth-order valence-corrected chi connectivity index (χ4v) is 7.67. The van der Waals surface area contributed by atoms with Crippen molar-refractivity contribution in [2.75, 3.05) is 17.2 Å². The number of nitrogens with zero attached hydrogens (tertiary/aromatic N) is 1. The minimum Gasteiger partial charge on any atom is -0.494 e. The van der Waals surface area contributed by atoms with Crippen LogP contribution in [0.2, 0.25) is 0 Å². The largest absolute Gasteiger partial charge is 0.494 e. The Bertz CT molecular complexity index is 983. The lowest BCUT2D eigenvalue weighted by Gasteiger charge is -2.18. The summed E-state index contributed by atoms with van der Waals surface area (Å²) in [6.07, 6.45) is 4.97. The van der Waals surface area contributed by atoms with Crippen LogP contribution in [0.4, 0.5) is 10.7 Å². The molecular weight excluding hydrogens is 434 g/mol. The molecule has 0 saturated carbocycles. The summed E-state index contributed by atoms with van der Waals surface area (Å²) in [5.74, 6) is 0.845. The molecule has 0 saturated heterocycles. The number of nitrogens with one attached hydrogen (secondary N) is 2. The van der Waals surface area contributed by atoms with Gasteiger partial charge in [0, 0.05) is 15.5 Å². The van der Waals surface area contributed by atoms with Gasteiger partial charge in [-0.3, -0.25) is 4.79 Å². The first-order valence-corrected chi connectivity index (χ1v) is 13.0. The Hall–Kier alpha value is -1.82. The molecule has 1 aliphatic heterocycles. The standard InChI is InChI=1S/C22H25N3O2S3/c1-3-17(29-22-24-16-10-9-13(27-4-2)11-19(16)30-22)20(26)25-21-15(12-23)14-7-5-6-8-18(14)28-21/h9-11,17,22,24H,3-8H2,1-2H3,(H,25,26)/t17-,22-/m0/s1. The highest BCUT2D eigenvalue weighted by molar-refractivity contribution is 8.18.